The van der Waals surface area contributed by atoms with Crippen LogP contribution in [0.1, 0.15) is 18.5 Å². The molecule has 1 nitrogen and oxygen atoms in total. The number of nitrogens with two attached hydrogens (primary N) is 1. The Morgan fingerprint density at radius 2 is 1.89 bits per heavy atom. The summed E-state index contributed by atoms with van der Waals surface area (Å²) in [6.07, 6.45) is 0. The van der Waals surface area contributed by atoms with Crippen molar-refractivity contribution in [1.29, 1.82) is 0 Å². The molecule has 0 aliphatic carbocycles. The highest BCUT2D eigenvalue weighted by Gasteiger charge is 2.15. The van der Waals surface area contributed by atoms with Gasteiger partial charge in [-0.3, -0.25) is 0 Å². The molecule has 0 radical (unpaired) electrons. The highest BCUT2D eigenvalue weighted by Crippen LogP contribution is 2.31. The Labute approximate surface area is 113 Å². The molecule has 0 aliphatic heterocycles. The standard InChI is InChI=1S/C14H12BrF2N/c1-8(18)9-3-2-4-10(7-9)13-12(16)6-5-11(15)14(13)17/h2-8H,18H2,1H3. The van der Waals surface area contributed by atoms with Crippen LogP contribution in [0.2, 0.25) is 0 Å². The lowest BCUT2D eigenvalue weighted by Gasteiger charge is -2.10. The lowest BCUT2D eigenvalue weighted by atomic mass is 9.99. The summed E-state index contributed by atoms with van der Waals surface area (Å²) in [6.45, 7) is 1.83. The molecule has 94 valence electrons. The SMILES string of the molecule is CC(N)c1cccc(-c2c(F)ccc(Br)c2F)c1. The van der Waals surface area contributed by atoms with Crippen molar-refractivity contribution >= 4 is 15.9 Å². The van der Waals surface area contributed by atoms with Crippen LogP contribution in [0.25, 0.3) is 11.1 Å². The summed E-state index contributed by atoms with van der Waals surface area (Å²) in [6, 6.07) is 9.36. The number of hydrogen-bond acceptors (Lipinski definition) is 1. The van der Waals surface area contributed by atoms with Gasteiger partial charge in [0.1, 0.15) is 11.6 Å². The molecular weight excluding hydrogens is 300 g/mol. The molecule has 2 aromatic carbocycles. The lowest BCUT2D eigenvalue weighted by Crippen LogP contribution is -2.05. The first kappa shape index (κ1) is 13.2. The Morgan fingerprint density at radius 3 is 2.56 bits per heavy atom. The van der Waals surface area contributed by atoms with Gasteiger partial charge >= 0.3 is 0 Å². The summed E-state index contributed by atoms with van der Waals surface area (Å²) in [5, 5.41) is 0. The molecule has 4 heteroatoms. The summed E-state index contributed by atoms with van der Waals surface area (Å²) in [5.74, 6) is -1.19. The molecule has 0 saturated carbocycles. The molecule has 1 unspecified atom stereocenters. The maximum absolute atomic E-state index is 14.0. The summed E-state index contributed by atoms with van der Waals surface area (Å²) in [7, 11) is 0. The van der Waals surface area contributed by atoms with E-state index in [1.54, 1.807) is 18.2 Å². The van der Waals surface area contributed by atoms with Crippen LogP contribution in [0.5, 0.6) is 0 Å². The minimum Gasteiger partial charge on any atom is -0.324 e. The van der Waals surface area contributed by atoms with Crippen LogP contribution in [-0.2, 0) is 0 Å². The Balaban J connectivity index is 2.62. The van der Waals surface area contributed by atoms with Crippen molar-refractivity contribution in [2.24, 2.45) is 5.73 Å². The molecule has 0 saturated heterocycles. The van der Waals surface area contributed by atoms with E-state index >= 15 is 0 Å². The molecule has 1 atom stereocenters. The first-order chi connectivity index (χ1) is 8.50. The second-order valence-electron chi connectivity index (χ2n) is 4.13. The summed E-state index contributed by atoms with van der Waals surface area (Å²) < 4.78 is 28.0. The van der Waals surface area contributed by atoms with Gasteiger partial charge in [0, 0.05) is 6.04 Å². The third-order valence-electron chi connectivity index (χ3n) is 2.75. The van der Waals surface area contributed by atoms with E-state index < -0.39 is 11.6 Å². The van der Waals surface area contributed by atoms with E-state index in [-0.39, 0.29) is 16.1 Å². The number of hydrogen-bond donors (Lipinski definition) is 1. The van der Waals surface area contributed by atoms with E-state index in [1.807, 2.05) is 13.0 Å². The molecule has 0 spiro atoms. The van der Waals surface area contributed by atoms with Gasteiger partial charge in [-0.2, -0.15) is 0 Å². The van der Waals surface area contributed by atoms with Gasteiger partial charge in [0.2, 0.25) is 0 Å². The predicted octanol–water partition coefficient (Wildman–Crippen LogP) is 4.41. The Bertz CT molecular complexity index is 582. The smallest absolute Gasteiger partial charge is 0.148 e. The average molecular weight is 312 g/mol. The minimum absolute atomic E-state index is 0.0353. The molecule has 0 bridgehead atoms. The van der Waals surface area contributed by atoms with Crippen LogP contribution < -0.4 is 5.73 Å². The van der Waals surface area contributed by atoms with Gasteiger partial charge in [0.25, 0.3) is 0 Å². The van der Waals surface area contributed by atoms with Gasteiger partial charge < -0.3 is 5.73 Å². The van der Waals surface area contributed by atoms with Crippen molar-refractivity contribution in [2.45, 2.75) is 13.0 Å². The summed E-state index contributed by atoms with van der Waals surface area (Å²) in [5.41, 5.74) is 7.06. The molecule has 0 amide bonds. The van der Waals surface area contributed by atoms with Crippen molar-refractivity contribution in [3.63, 3.8) is 0 Å². The van der Waals surface area contributed by atoms with Crippen molar-refractivity contribution in [2.75, 3.05) is 0 Å². The molecule has 0 heterocycles. The second kappa shape index (κ2) is 5.16. The van der Waals surface area contributed by atoms with Gasteiger partial charge in [0.15, 0.2) is 0 Å². The zero-order valence-corrected chi connectivity index (χ0v) is 11.3. The van der Waals surface area contributed by atoms with E-state index in [0.29, 0.717) is 5.56 Å². The summed E-state index contributed by atoms with van der Waals surface area (Å²) >= 11 is 3.06. The fourth-order valence-corrected chi connectivity index (χ4v) is 2.10. The predicted molar refractivity (Wildman–Crippen MR) is 72.1 cm³/mol. The maximum Gasteiger partial charge on any atom is 0.148 e. The molecule has 0 fully saturated rings. The number of halogens is 3. The fraction of sp³-hybridized carbons (Fsp3) is 0.143. The first-order valence-corrected chi connectivity index (χ1v) is 6.29. The highest BCUT2D eigenvalue weighted by molar-refractivity contribution is 9.10. The average Bonchev–Trinajstić information content (AvgIpc) is 2.35. The third kappa shape index (κ3) is 2.44. The van der Waals surface area contributed by atoms with Crippen molar-refractivity contribution in [3.8, 4) is 11.1 Å². The third-order valence-corrected chi connectivity index (χ3v) is 3.36. The monoisotopic (exact) mass is 311 g/mol. The molecule has 2 aromatic rings. The Morgan fingerprint density at radius 1 is 1.17 bits per heavy atom. The molecule has 0 aliphatic rings. The van der Waals surface area contributed by atoms with E-state index in [9.17, 15) is 8.78 Å². The zero-order chi connectivity index (χ0) is 13.3. The largest absolute Gasteiger partial charge is 0.324 e. The first-order valence-electron chi connectivity index (χ1n) is 5.50. The maximum atomic E-state index is 14.0. The van der Waals surface area contributed by atoms with Gasteiger partial charge in [-0.15, -0.1) is 0 Å². The molecular formula is C14H12BrF2N. The van der Waals surface area contributed by atoms with E-state index in [1.165, 1.54) is 12.1 Å². The Kier molecular flexibility index (Phi) is 3.78. The molecule has 18 heavy (non-hydrogen) atoms. The highest BCUT2D eigenvalue weighted by atomic mass is 79.9. The zero-order valence-electron chi connectivity index (χ0n) is 9.75. The lowest BCUT2D eigenvalue weighted by molar-refractivity contribution is 0.585. The van der Waals surface area contributed by atoms with Gasteiger partial charge in [-0.25, -0.2) is 8.78 Å². The second-order valence-corrected chi connectivity index (χ2v) is 4.99. The van der Waals surface area contributed by atoms with Crippen LogP contribution in [0, 0.1) is 11.6 Å². The van der Waals surface area contributed by atoms with Gasteiger partial charge in [-0.05, 0) is 52.2 Å². The van der Waals surface area contributed by atoms with Crippen LogP contribution in [0.4, 0.5) is 8.78 Å². The van der Waals surface area contributed by atoms with E-state index in [2.05, 4.69) is 15.9 Å². The molecule has 2 N–H and O–H groups in total. The number of rotatable bonds is 2. The topological polar surface area (TPSA) is 26.0 Å². The van der Waals surface area contributed by atoms with Gasteiger partial charge in [0.05, 0.1) is 10.0 Å². The van der Waals surface area contributed by atoms with Gasteiger partial charge in [-0.1, -0.05) is 18.2 Å². The quantitative estimate of drug-likeness (QED) is 0.817. The summed E-state index contributed by atoms with van der Waals surface area (Å²) in [4.78, 5) is 0. The van der Waals surface area contributed by atoms with Crippen molar-refractivity contribution in [3.05, 3.63) is 58.1 Å². The Hall–Kier alpha value is -1.26. The van der Waals surface area contributed by atoms with Crippen LogP contribution >= 0.6 is 15.9 Å². The van der Waals surface area contributed by atoms with E-state index in [0.717, 1.165) is 5.56 Å². The number of benzene rings is 2. The van der Waals surface area contributed by atoms with Crippen molar-refractivity contribution < 1.29 is 8.78 Å². The van der Waals surface area contributed by atoms with Crippen LogP contribution in [-0.4, -0.2) is 0 Å². The normalized spacial score (nSPS) is 12.5. The van der Waals surface area contributed by atoms with Crippen LogP contribution in [0.3, 0.4) is 0 Å². The fourth-order valence-electron chi connectivity index (χ4n) is 1.77. The molecule has 0 aromatic heterocycles. The van der Waals surface area contributed by atoms with Crippen molar-refractivity contribution in [1.82, 2.24) is 0 Å². The van der Waals surface area contributed by atoms with Crippen LogP contribution in [0.15, 0.2) is 40.9 Å². The molecule has 2 rings (SSSR count). The minimum atomic E-state index is -0.600. The van der Waals surface area contributed by atoms with E-state index in [4.69, 9.17) is 5.73 Å².